The smallest absolute Gasteiger partial charge is 0.180 e. The molecule has 0 aliphatic carbocycles. The third kappa shape index (κ3) is 6.40. The van der Waals surface area contributed by atoms with Gasteiger partial charge in [-0.25, -0.2) is 14.3 Å². The predicted molar refractivity (Wildman–Crippen MR) is 171 cm³/mol. The average molecular weight is 582 g/mol. The van der Waals surface area contributed by atoms with Gasteiger partial charge in [-0.05, 0) is 57.2 Å². The van der Waals surface area contributed by atoms with Crippen LogP contribution in [0.25, 0.3) is 22.6 Å². The minimum Gasteiger partial charge on any atom is -0.402 e. The molecule has 40 heavy (non-hydrogen) atoms. The number of hydrogen-bond donors (Lipinski definition) is 3. The summed E-state index contributed by atoms with van der Waals surface area (Å²) in [5.74, 6) is 0.797. The number of rotatable bonds is 8. The van der Waals surface area contributed by atoms with E-state index in [1.54, 1.807) is 6.20 Å². The molecule has 2 fully saturated rings. The molecule has 2 aromatic heterocycles. The van der Waals surface area contributed by atoms with Gasteiger partial charge in [-0.15, -0.1) is 0 Å². The number of nitrogens with two attached hydrogens (primary N) is 1. The highest BCUT2D eigenvalue weighted by Crippen LogP contribution is 2.33. The monoisotopic (exact) mass is 581 g/mol. The summed E-state index contributed by atoms with van der Waals surface area (Å²) in [7, 11) is 1.82. The van der Waals surface area contributed by atoms with Gasteiger partial charge in [0, 0.05) is 87.1 Å². The lowest BCUT2D eigenvalue weighted by molar-refractivity contribution is 0.237. The summed E-state index contributed by atoms with van der Waals surface area (Å²) < 4.78 is 2.41. The van der Waals surface area contributed by atoms with Gasteiger partial charge < -0.3 is 20.9 Å². The van der Waals surface area contributed by atoms with E-state index >= 15 is 0 Å². The van der Waals surface area contributed by atoms with Crippen molar-refractivity contribution in [3.63, 3.8) is 0 Å². The van der Waals surface area contributed by atoms with Gasteiger partial charge in [-0.3, -0.25) is 9.89 Å². The highest BCUT2D eigenvalue weighted by Gasteiger charge is 2.23. The summed E-state index contributed by atoms with van der Waals surface area (Å²) in [6, 6.07) is 8.95. The van der Waals surface area contributed by atoms with Crippen LogP contribution in [0.2, 0.25) is 5.02 Å². The molecule has 3 aromatic rings. The van der Waals surface area contributed by atoms with Crippen molar-refractivity contribution in [3.05, 3.63) is 46.8 Å². The lowest BCUT2D eigenvalue weighted by Gasteiger charge is -2.34. The number of fused-ring (bicyclic) bond motifs is 1. The molecule has 1 aromatic carbocycles. The lowest BCUT2D eigenvalue weighted by Crippen LogP contribution is -2.43. The van der Waals surface area contributed by atoms with E-state index in [9.17, 15) is 0 Å². The third-order valence-electron chi connectivity index (χ3n) is 8.04. The summed E-state index contributed by atoms with van der Waals surface area (Å²) in [6.07, 6.45) is 5.85. The number of nitrogens with zero attached hydrogens (tertiary/aromatic N) is 6. The van der Waals surface area contributed by atoms with Crippen LogP contribution in [0.5, 0.6) is 0 Å². The maximum atomic E-state index is 6.66. The molecule has 214 valence electrons. The SMILES string of the molecule is CN=C(C)C(CN1CCC(Nc2c(Cl)cnc3nc(-c4ccc(N5CCN(SC)CC5)cc4)[nH]c23)CC1)=C(C)N. The number of anilines is 2. The van der Waals surface area contributed by atoms with Crippen molar-refractivity contribution in [1.29, 1.82) is 0 Å². The van der Waals surface area contributed by atoms with Crippen molar-refractivity contribution in [2.24, 2.45) is 10.7 Å². The first-order valence-corrected chi connectivity index (χ1v) is 15.5. The first-order chi connectivity index (χ1) is 19.4. The van der Waals surface area contributed by atoms with Crippen LogP contribution < -0.4 is 16.0 Å². The topological polar surface area (TPSA) is 102 Å². The van der Waals surface area contributed by atoms with Crippen LogP contribution in [0.1, 0.15) is 26.7 Å². The van der Waals surface area contributed by atoms with E-state index in [1.165, 1.54) is 5.69 Å². The highest BCUT2D eigenvalue weighted by molar-refractivity contribution is 7.96. The number of H-pyrrole nitrogens is 1. The molecule has 0 unspecified atom stereocenters. The van der Waals surface area contributed by atoms with E-state index in [0.29, 0.717) is 16.7 Å². The van der Waals surface area contributed by atoms with Gasteiger partial charge in [-0.2, -0.15) is 0 Å². The zero-order chi connectivity index (χ0) is 28.2. The average Bonchev–Trinajstić information content (AvgIpc) is 3.42. The molecule has 0 atom stereocenters. The molecule has 4 N–H and O–H groups in total. The molecule has 0 radical (unpaired) electrons. The zero-order valence-electron chi connectivity index (χ0n) is 23.9. The Morgan fingerprint density at radius 2 is 1.82 bits per heavy atom. The van der Waals surface area contributed by atoms with Crippen LogP contribution in [0.15, 0.2) is 46.7 Å². The number of benzene rings is 1. The number of halogens is 1. The van der Waals surface area contributed by atoms with Gasteiger partial charge in [0.05, 0.1) is 16.9 Å². The quantitative estimate of drug-likeness (QED) is 0.256. The van der Waals surface area contributed by atoms with Crippen molar-refractivity contribution in [2.45, 2.75) is 32.7 Å². The number of pyridine rings is 1. The van der Waals surface area contributed by atoms with E-state index in [0.717, 1.165) is 98.2 Å². The molecule has 4 heterocycles. The molecule has 2 saturated heterocycles. The summed E-state index contributed by atoms with van der Waals surface area (Å²) in [6.45, 7) is 11.0. The lowest BCUT2D eigenvalue weighted by atomic mass is 10.0. The summed E-state index contributed by atoms with van der Waals surface area (Å²) in [5.41, 5.74) is 13.8. The number of allylic oxidation sites excluding steroid dienone is 1. The Hall–Kier alpha value is -2.79. The zero-order valence-corrected chi connectivity index (χ0v) is 25.4. The number of aromatic nitrogens is 3. The van der Waals surface area contributed by atoms with Crippen molar-refractivity contribution in [2.75, 3.05) is 69.3 Å². The molecule has 0 spiro atoms. The number of nitrogens with one attached hydrogen (secondary N) is 2. The van der Waals surface area contributed by atoms with Crippen LogP contribution in [-0.4, -0.2) is 95.0 Å². The molecule has 2 aliphatic heterocycles. The minimum atomic E-state index is 0.310. The molecular weight excluding hydrogens is 542 g/mol. The van der Waals surface area contributed by atoms with Gasteiger partial charge in [0.25, 0.3) is 0 Å². The minimum absolute atomic E-state index is 0.310. The van der Waals surface area contributed by atoms with Gasteiger partial charge in [0.15, 0.2) is 5.65 Å². The summed E-state index contributed by atoms with van der Waals surface area (Å²) in [5, 5.41) is 4.31. The Morgan fingerprint density at radius 3 is 2.45 bits per heavy atom. The van der Waals surface area contributed by atoms with Gasteiger partial charge >= 0.3 is 0 Å². The number of piperidine rings is 1. The largest absolute Gasteiger partial charge is 0.402 e. The second-order valence-electron chi connectivity index (χ2n) is 10.6. The van der Waals surface area contributed by atoms with Crippen LogP contribution in [-0.2, 0) is 0 Å². The Labute approximate surface area is 246 Å². The first-order valence-electron chi connectivity index (χ1n) is 13.9. The maximum absolute atomic E-state index is 6.66. The van der Waals surface area contributed by atoms with Crippen molar-refractivity contribution >= 4 is 51.8 Å². The van der Waals surface area contributed by atoms with E-state index in [2.05, 4.69) is 64.9 Å². The number of aromatic amines is 1. The number of hydrogen-bond acceptors (Lipinski definition) is 9. The molecule has 5 rings (SSSR count). The van der Waals surface area contributed by atoms with Crippen molar-refractivity contribution in [3.8, 4) is 11.4 Å². The normalized spacial score (nSPS) is 18.8. The Balaban J connectivity index is 1.26. The van der Waals surface area contributed by atoms with Crippen LogP contribution in [0.3, 0.4) is 0 Å². The maximum Gasteiger partial charge on any atom is 0.180 e. The molecule has 0 bridgehead atoms. The Morgan fingerprint density at radius 1 is 1.12 bits per heavy atom. The van der Waals surface area contributed by atoms with Crippen LogP contribution in [0.4, 0.5) is 11.4 Å². The van der Waals surface area contributed by atoms with E-state index in [4.69, 9.17) is 22.3 Å². The fraction of sp³-hybridized carbons (Fsp3) is 0.483. The summed E-state index contributed by atoms with van der Waals surface area (Å²) >= 11 is 8.49. The molecule has 0 saturated carbocycles. The number of imidazole rings is 1. The second-order valence-corrected chi connectivity index (χ2v) is 11.9. The number of piperazine rings is 1. The van der Waals surface area contributed by atoms with E-state index in [-0.39, 0.29) is 0 Å². The fourth-order valence-electron chi connectivity index (χ4n) is 5.49. The van der Waals surface area contributed by atoms with E-state index in [1.807, 2.05) is 32.8 Å². The van der Waals surface area contributed by atoms with Gasteiger partial charge in [-0.1, -0.05) is 23.5 Å². The highest BCUT2D eigenvalue weighted by atomic mass is 35.5. The van der Waals surface area contributed by atoms with Gasteiger partial charge in [0.1, 0.15) is 11.3 Å². The molecule has 2 aliphatic rings. The second kappa shape index (κ2) is 12.8. The standard InChI is InChI=1S/C29H40ClN9S/c1-19(31)24(20(2)32-3)18-37-11-9-22(10-12-37)34-26-25(30)17-33-29-27(26)35-28(36-29)21-5-7-23(8-6-21)38-13-15-39(40-4)16-14-38/h5-8,17,22H,9-16,18,31H2,1-4H3,(H2,33,34,35,36). The fourth-order valence-corrected chi connectivity index (χ4v) is 6.22. The molecule has 9 nitrogen and oxygen atoms in total. The molecule has 11 heteroatoms. The number of aliphatic imine (C=N–C) groups is 1. The molecular formula is C29H40ClN9S. The summed E-state index contributed by atoms with van der Waals surface area (Å²) in [4.78, 5) is 22.0. The van der Waals surface area contributed by atoms with Crippen molar-refractivity contribution < 1.29 is 0 Å². The Kier molecular flexibility index (Phi) is 9.20. The van der Waals surface area contributed by atoms with Gasteiger partial charge in [0.2, 0.25) is 0 Å². The third-order valence-corrected chi connectivity index (χ3v) is 9.21. The van der Waals surface area contributed by atoms with Crippen LogP contribution in [0, 0.1) is 0 Å². The van der Waals surface area contributed by atoms with E-state index < -0.39 is 0 Å². The molecule has 0 amide bonds. The number of likely N-dealkylation sites (tertiary alicyclic amines) is 1. The Bertz CT molecular complexity index is 1360. The van der Waals surface area contributed by atoms with Crippen molar-refractivity contribution in [1.82, 2.24) is 24.2 Å². The first kappa shape index (κ1) is 28.7. The van der Waals surface area contributed by atoms with Crippen LogP contribution >= 0.6 is 23.5 Å². The predicted octanol–water partition coefficient (Wildman–Crippen LogP) is 4.88.